The number of hydrogen-bond acceptors (Lipinski definition) is 2. The quantitative estimate of drug-likeness (QED) is 0.842. The van der Waals surface area contributed by atoms with E-state index in [1.54, 1.807) is 19.4 Å². The molecule has 0 aliphatic heterocycles. The summed E-state index contributed by atoms with van der Waals surface area (Å²) in [5.41, 5.74) is 2.21. The van der Waals surface area contributed by atoms with Crippen LogP contribution in [0.1, 0.15) is 15.9 Å². The number of carboxylic acid groups (broad SMARTS) is 1. The lowest BCUT2D eigenvalue weighted by Gasteiger charge is -2.06. The number of ether oxygens (including phenoxy) is 1. The molecule has 1 heterocycles. The van der Waals surface area contributed by atoms with Crippen LogP contribution >= 0.6 is 0 Å². The Morgan fingerprint density at radius 1 is 1.44 bits per heavy atom. The van der Waals surface area contributed by atoms with Gasteiger partial charge in [0.1, 0.15) is 5.75 Å². The molecule has 16 heavy (non-hydrogen) atoms. The molecule has 0 amide bonds. The molecule has 0 saturated heterocycles. The summed E-state index contributed by atoms with van der Waals surface area (Å²) < 4.78 is 7.03. The second-order valence-corrected chi connectivity index (χ2v) is 3.77. The molecule has 0 fully saturated rings. The minimum Gasteiger partial charge on any atom is -0.496 e. The van der Waals surface area contributed by atoms with E-state index in [4.69, 9.17) is 9.84 Å². The number of carbonyl (C=O) groups is 1. The molecular weight excluding hydrogens is 206 g/mol. The van der Waals surface area contributed by atoms with Gasteiger partial charge in [-0.1, -0.05) is 6.07 Å². The number of fused-ring (bicyclic) bond motifs is 1. The topological polar surface area (TPSA) is 51.5 Å². The molecule has 4 heteroatoms. The van der Waals surface area contributed by atoms with Crippen molar-refractivity contribution in [3.05, 3.63) is 29.5 Å². The van der Waals surface area contributed by atoms with Gasteiger partial charge < -0.3 is 14.4 Å². The van der Waals surface area contributed by atoms with E-state index in [2.05, 4.69) is 0 Å². The fraction of sp³-hybridized carbons (Fsp3) is 0.250. The molecule has 1 aromatic carbocycles. The molecule has 4 nitrogen and oxygen atoms in total. The number of aromatic carboxylic acids is 1. The van der Waals surface area contributed by atoms with Gasteiger partial charge in [0, 0.05) is 13.2 Å². The minimum atomic E-state index is -0.936. The average molecular weight is 219 g/mol. The second kappa shape index (κ2) is 3.56. The first-order chi connectivity index (χ1) is 7.56. The summed E-state index contributed by atoms with van der Waals surface area (Å²) in [6, 6.07) is 3.72. The van der Waals surface area contributed by atoms with Crippen LogP contribution in [-0.2, 0) is 7.05 Å². The van der Waals surface area contributed by atoms with Crippen molar-refractivity contribution in [3.8, 4) is 5.75 Å². The van der Waals surface area contributed by atoms with Crippen LogP contribution in [0.25, 0.3) is 10.9 Å². The molecule has 2 aromatic rings. The smallest absolute Gasteiger partial charge is 0.338 e. The summed E-state index contributed by atoms with van der Waals surface area (Å²) in [6.45, 7) is 1.95. The van der Waals surface area contributed by atoms with Gasteiger partial charge >= 0.3 is 5.97 Å². The zero-order chi connectivity index (χ0) is 11.9. The Balaban J connectivity index is 2.95. The predicted octanol–water partition coefficient (Wildman–Crippen LogP) is 2.19. The van der Waals surface area contributed by atoms with E-state index < -0.39 is 5.97 Å². The highest BCUT2D eigenvalue weighted by Gasteiger charge is 2.17. The Bertz CT molecular complexity index is 569. The van der Waals surface area contributed by atoms with Gasteiger partial charge in [-0.2, -0.15) is 0 Å². The van der Waals surface area contributed by atoms with E-state index in [0.29, 0.717) is 11.1 Å². The van der Waals surface area contributed by atoms with E-state index in [0.717, 1.165) is 11.1 Å². The van der Waals surface area contributed by atoms with Gasteiger partial charge in [0.2, 0.25) is 0 Å². The van der Waals surface area contributed by atoms with Crippen LogP contribution in [0, 0.1) is 6.92 Å². The number of benzene rings is 1. The van der Waals surface area contributed by atoms with Gasteiger partial charge in [0.25, 0.3) is 0 Å². The molecule has 0 saturated carbocycles. The third kappa shape index (κ3) is 1.34. The van der Waals surface area contributed by atoms with Crippen LogP contribution in [-0.4, -0.2) is 22.8 Å². The molecule has 0 unspecified atom stereocenters. The maximum absolute atomic E-state index is 11.1. The SMILES string of the molecule is COc1ccc(C)c2c1c(C(=O)O)cn2C. The van der Waals surface area contributed by atoms with E-state index in [-0.39, 0.29) is 5.56 Å². The Labute approximate surface area is 93.1 Å². The monoisotopic (exact) mass is 219 g/mol. The highest BCUT2D eigenvalue weighted by Crippen LogP contribution is 2.32. The summed E-state index contributed by atoms with van der Waals surface area (Å²) in [7, 11) is 3.38. The molecule has 0 spiro atoms. The van der Waals surface area contributed by atoms with Gasteiger partial charge in [-0.25, -0.2) is 4.79 Å². The standard InChI is InChI=1S/C12H13NO3/c1-7-4-5-9(16-3)10-8(12(14)15)6-13(2)11(7)10/h4-6H,1-3H3,(H,14,15). The third-order valence-corrected chi connectivity index (χ3v) is 2.74. The van der Waals surface area contributed by atoms with Crippen molar-refractivity contribution in [1.29, 1.82) is 0 Å². The molecule has 0 atom stereocenters. The number of nitrogens with zero attached hydrogens (tertiary/aromatic N) is 1. The predicted molar refractivity (Wildman–Crippen MR) is 61.2 cm³/mol. The maximum Gasteiger partial charge on any atom is 0.338 e. The zero-order valence-electron chi connectivity index (χ0n) is 9.44. The van der Waals surface area contributed by atoms with Gasteiger partial charge in [-0.05, 0) is 18.6 Å². The van der Waals surface area contributed by atoms with Crippen LogP contribution in [0.4, 0.5) is 0 Å². The lowest BCUT2D eigenvalue weighted by Crippen LogP contribution is -1.95. The van der Waals surface area contributed by atoms with Crippen LogP contribution in [0.3, 0.4) is 0 Å². The number of aromatic nitrogens is 1. The molecular formula is C12H13NO3. The van der Waals surface area contributed by atoms with Crippen LogP contribution < -0.4 is 4.74 Å². The van der Waals surface area contributed by atoms with Gasteiger partial charge in [0.05, 0.1) is 23.6 Å². The first-order valence-electron chi connectivity index (χ1n) is 4.92. The fourth-order valence-corrected chi connectivity index (χ4v) is 2.05. The first-order valence-corrected chi connectivity index (χ1v) is 4.92. The normalized spacial score (nSPS) is 10.7. The number of carboxylic acids is 1. The van der Waals surface area contributed by atoms with E-state index in [1.807, 2.05) is 24.6 Å². The van der Waals surface area contributed by atoms with Crippen LogP contribution in [0.15, 0.2) is 18.3 Å². The molecule has 0 aliphatic carbocycles. The van der Waals surface area contributed by atoms with Crippen molar-refractivity contribution >= 4 is 16.9 Å². The Morgan fingerprint density at radius 3 is 2.69 bits per heavy atom. The lowest BCUT2D eigenvalue weighted by molar-refractivity contribution is 0.0698. The minimum absolute atomic E-state index is 0.276. The van der Waals surface area contributed by atoms with Gasteiger partial charge in [-0.15, -0.1) is 0 Å². The van der Waals surface area contributed by atoms with E-state index in [1.165, 1.54) is 0 Å². The van der Waals surface area contributed by atoms with Crippen molar-refractivity contribution in [2.75, 3.05) is 7.11 Å². The summed E-state index contributed by atoms with van der Waals surface area (Å²) in [6.07, 6.45) is 1.61. The van der Waals surface area contributed by atoms with Crippen molar-refractivity contribution in [2.24, 2.45) is 7.05 Å². The number of aryl methyl sites for hydroxylation is 2. The lowest BCUT2D eigenvalue weighted by atomic mass is 10.1. The number of rotatable bonds is 2. The summed E-state index contributed by atoms with van der Waals surface area (Å²) >= 11 is 0. The Kier molecular flexibility index (Phi) is 2.34. The summed E-state index contributed by atoms with van der Waals surface area (Å²) in [4.78, 5) is 11.1. The molecule has 2 rings (SSSR count). The van der Waals surface area contributed by atoms with Crippen LogP contribution in [0.5, 0.6) is 5.75 Å². The fourth-order valence-electron chi connectivity index (χ4n) is 2.05. The molecule has 1 aromatic heterocycles. The highest BCUT2D eigenvalue weighted by molar-refractivity contribution is 6.07. The zero-order valence-corrected chi connectivity index (χ0v) is 9.44. The molecule has 84 valence electrons. The van der Waals surface area contributed by atoms with E-state index >= 15 is 0 Å². The number of methoxy groups -OCH3 is 1. The van der Waals surface area contributed by atoms with Gasteiger partial charge in [-0.3, -0.25) is 0 Å². The molecule has 0 radical (unpaired) electrons. The van der Waals surface area contributed by atoms with Crippen molar-refractivity contribution in [3.63, 3.8) is 0 Å². The number of hydrogen-bond donors (Lipinski definition) is 1. The van der Waals surface area contributed by atoms with Crippen molar-refractivity contribution in [2.45, 2.75) is 6.92 Å². The Hall–Kier alpha value is -1.97. The highest BCUT2D eigenvalue weighted by atomic mass is 16.5. The molecule has 0 aliphatic rings. The Morgan fingerprint density at radius 2 is 2.12 bits per heavy atom. The van der Waals surface area contributed by atoms with Crippen molar-refractivity contribution in [1.82, 2.24) is 4.57 Å². The largest absolute Gasteiger partial charge is 0.496 e. The van der Waals surface area contributed by atoms with Crippen LogP contribution in [0.2, 0.25) is 0 Å². The summed E-state index contributed by atoms with van der Waals surface area (Å²) in [5.74, 6) is -0.340. The average Bonchev–Trinajstić information content (AvgIpc) is 2.58. The second-order valence-electron chi connectivity index (χ2n) is 3.77. The molecule has 0 bridgehead atoms. The molecule has 1 N–H and O–H groups in total. The third-order valence-electron chi connectivity index (χ3n) is 2.74. The summed E-state index contributed by atoms with van der Waals surface area (Å²) in [5, 5.41) is 9.80. The van der Waals surface area contributed by atoms with E-state index in [9.17, 15) is 4.79 Å². The maximum atomic E-state index is 11.1. The van der Waals surface area contributed by atoms with Gasteiger partial charge in [0.15, 0.2) is 0 Å². The van der Waals surface area contributed by atoms with Crippen molar-refractivity contribution < 1.29 is 14.6 Å². The first kappa shape index (κ1) is 10.5.